The Morgan fingerprint density at radius 2 is 2.29 bits per heavy atom. The fourth-order valence-corrected chi connectivity index (χ4v) is 6.33. The van der Waals surface area contributed by atoms with Gasteiger partial charge in [0.1, 0.15) is 0 Å². The van der Waals surface area contributed by atoms with Gasteiger partial charge < -0.3 is 9.88 Å². The molecule has 0 spiro atoms. The summed E-state index contributed by atoms with van der Waals surface area (Å²) >= 11 is 4.92. The second-order valence-electron chi connectivity index (χ2n) is 7.06. The fourth-order valence-electron chi connectivity index (χ4n) is 3.43. The number of nitrogens with zero attached hydrogens (tertiary/aromatic N) is 4. The Morgan fingerprint density at radius 1 is 1.43 bits per heavy atom. The Labute approximate surface area is 176 Å². The lowest BCUT2D eigenvalue weighted by Crippen LogP contribution is -2.10. The Bertz CT molecular complexity index is 990. The van der Waals surface area contributed by atoms with Gasteiger partial charge in [-0.25, -0.2) is 4.98 Å². The Morgan fingerprint density at radius 3 is 3.07 bits per heavy atom. The van der Waals surface area contributed by atoms with Crippen LogP contribution in [0.15, 0.2) is 16.6 Å². The van der Waals surface area contributed by atoms with Gasteiger partial charge in [-0.2, -0.15) is 0 Å². The van der Waals surface area contributed by atoms with Crippen LogP contribution in [-0.2, 0) is 30.4 Å². The molecule has 28 heavy (non-hydrogen) atoms. The van der Waals surface area contributed by atoms with E-state index in [4.69, 9.17) is 0 Å². The van der Waals surface area contributed by atoms with Crippen LogP contribution in [-0.4, -0.2) is 25.7 Å². The van der Waals surface area contributed by atoms with Crippen LogP contribution < -0.4 is 5.32 Å². The summed E-state index contributed by atoms with van der Waals surface area (Å²) in [4.78, 5) is 18.3. The first-order chi connectivity index (χ1) is 13.5. The number of carbonyl (C=O) groups excluding carboxylic acids is 1. The Hall–Kier alpha value is -1.71. The molecule has 1 aliphatic carbocycles. The third-order valence-electron chi connectivity index (χ3n) is 5.00. The van der Waals surface area contributed by atoms with Crippen LogP contribution in [0.5, 0.6) is 0 Å². The van der Waals surface area contributed by atoms with Crippen molar-refractivity contribution in [1.82, 2.24) is 19.7 Å². The molecule has 0 fully saturated rings. The number of thiophene rings is 1. The molecule has 148 valence electrons. The molecule has 3 heterocycles. The molecule has 1 unspecified atom stereocenters. The number of aromatic nitrogens is 4. The molecule has 1 N–H and O–H groups in total. The van der Waals surface area contributed by atoms with Crippen LogP contribution in [0.25, 0.3) is 10.7 Å². The highest BCUT2D eigenvalue weighted by Gasteiger charge is 2.22. The molecule has 0 saturated heterocycles. The number of thiazole rings is 1. The zero-order chi connectivity index (χ0) is 19.7. The van der Waals surface area contributed by atoms with Crippen molar-refractivity contribution in [3.8, 4) is 10.7 Å². The monoisotopic (exact) mass is 433 g/mol. The van der Waals surface area contributed by atoms with Crippen molar-refractivity contribution in [2.45, 2.75) is 50.4 Å². The highest BCUT2D eigenvalue weighted by Crippen LogP contribution is 2.38. The quantitative estimate of drug-likeness (QED) is 0.567. The van der Waals surface area contributed by atoms with E-state index < -0.39 is 0 Å². The highest BCUT2D eigenvalue weighted by molar-refractivity contribution is 7.98. The fraction of sp³-hybridized carbons (Fsp3) is 0.474. The summed E-state index contributed by atoms with van der Waals surface area (Å²) in [6.45, 7) is 3.78. The minimum atomic E-state index is -0.101. The maximum Gasteiger partial charge on any atom is 0.223 e. The van der Waals surface area contributed by atoms with Gasteiger partial charge in [0.05, 0.1) is 10.6 Å². The van der Waals surface area contributed by atoms with E-state index in [9.17, 15) is 4.79 Å². The van der Waals surface area contributed by atoms with Gasteiger partial charge in [0, 0.05) is 30.0 Å². The average Bonchev–Trinajstić information content (AvgIpc) is 3.37. The molecule has 3 aromatic rings. The lowest BCUT2D eigenvalue weighted by Gasteiger charge is -2.19. The topological polar surface area (TPSA) is 72.7 Å². The Kier molecular flexibility index (Phi) is 5.84. The predicted octanol–water partition coefficient (Wildman–Crippen LogP) is 4.77. The second-order valence-corrected chi connectivity index (χ2v) is 9.99. The smallest absolute Gasteiger partial charge is 0.223 e. The van der Waals surface area contributed by atoms with E-state index in [1.807, 2.05) is 23.8 Å². The first-order valence-electron chi connectivity index (χ1n) is 9.39. The number of hydrogen-bond acceptors (Lipinski definition) is 7. The predicted molar refractivity (Wildman–Crippen MR) is 116 cm³/mol. The second kappa shape index (κ2) is 8.34. The summed E-state index contributed by atoms with van der Waals surface area (Å²) in [5.74, 6) is 2.35. The summed E-state index contributed by atoms with van der Waals surface area (Å²) in [5, 5.41) is 15.0. The number of anilines is 1. The van der Waals surface area contributed by atoms with Gasteiger partial charge in [-0.1, -0.05) is 25.1 Å². The minimum absolute atomic E-state index is 0.101. The van der Waals surface area contributed by atoms with Crippen LogP contribution in [0.3, 0.4) is 0 Å². The molecule has 1 atom stereocenters. The average molecular weight is 434 g/mol. The highest BCUT2D eigenvalue weighted by atomic mass is 32.2. The van der Waals surface area contributed by atoms with Gasteiger partial charge in [0.15, 0.2) is 16.1 Å². The zero-order valence-corrected chi connectivity index (χ0v) is 18.6. The number of rotatable bonds is 6. The van der Waals surface area contributed by atoms with Gasteiger partial charge in [-0.05, 0) is 36.8 Å². The van der Waals surface area contributed by atoms with Crippen LogP contribution in [0, 0.1) is 5.92 Å². The van der Waals surface area contributed by atoms with E-state index in [-0.39, 0.29) is 5.91 Å². The maximum absolute atomic E-state index is 11.1. The lowest BCUT2D eigenvalue weighted by atomic mass is 9.87. The van der Waals surface area contributed by atoms with E-state index in [0.717, 1.165) is 22.6 Å². The molecule has 3 aromatic heterocycles. The van der Waals surface area contributed by atoms with Crippen molar-refractivity contribution in [2.75, 3.05) is 5.32 Å². The van der Waals surface area contributed by atoms with Crippen molar-refractivity contribution in [2.24, 2.45) is 13.0 Å². The van der Waals surface area contributed by atoms with Gasteiger partial charge in [0.25, 0.3) is 0 Å². The number of aryl methyl sites for hydroxylation is 1. The summed E-state index contributed by atoms with van der Waals surface area (Å²) in [6, 6.07) is 2.32. The molecular weight excluding hydrogens is 410 g/mol. The molecule has 9 heteroatoms. The van der Waals surface area contributed by atoms with Crippen LogP contribution in [0.1, 0.15) is 42.8 Å². The minimum Gasteiger partial charge on any atom is -0.304 e. The molecule has 0 aliphatic heterocycles. The number of hydrogen-bond donors (Lipinski definition) is 1. The van der Waals surface area contributed by atoms with Crippen molar-refractivity contribution >= 4 is 45.5 Å². The van der Waals surface area contributed by atoms with Gasteiger partial charge in [-0.3, -0.25) is 4.79 Å². The van der Waals surface area contributed by atoms with Crippen LogP contribution >= 0.6 is 34.4 Å². The first-order valence-corrected chi connectivity index (χ1v) is 12.1. The van der Waals surface area contributed by atoms with Crippen LogP contribution in [0.2, 0.25) is 0 Å². The van der Waals surface area contributed by atoms with Gasteiger partial charge in [0.2, 0.25) is 5.91 Å². The van der Waals surface area contributed by atoms with Gasteiger partial charge >= 0.3 is 0 Å². The van der Waals surface area contributed by atoms with E-state index in [1.165, 1.54) is 59.3 Å². The molecule has 4 rings (SSSR count). The van der Waals surface area contributed by atoms with Crippen molar-refractivity contribution < 1.29 is 4.79 Å². The Balaban J connectivity index is 1.45. The SMILES string of the molecule is CCC1CCc2sc(-c3nnc(SCc4csc(NC(C)=O)n4)n3C)cc2C1. The number of nitrogens with one attached hydrogen (secondary N) is 1. The molecular formula is C19H23N5OS3. The van der Waals surface area contributed by atoms with Crippen molar-refractivity contribution in [3.05, 3.63) is 27.6 Å². The summed E-state index contributed by atoms with van der Waals surface area (Å²) in [5.41, 5.74) is 2.43. The summed E-state index contributed by atoms with van der Waals surface area (Å²) in [7, 11) is 2.02. The number of thioether (sulfide) groups is 1. The first kappa shape index (κ1) is 19.6. The van der Waals surface area contributed by atoms with E-state index in [0.29, 0.717) is 10.9 Å². The standard InChI is InChI=1S/C19H23N5OS3/c1-4-12-5-6-15-13(7-12)8-16(28-15)17-22-23-19(24(17)3)27-10-14-9-26-18(21-14)20-11(2)25/h8-9,12H,4-7,10H2,1-3H3,(H,20,21,25). The lowest BCUT2D eigenvalue weighted by molar-refractivity contribution is -0.114. The summed E-state index contributed by atoms with van der Waals surface area (Å²) in [6.07, 6.45) is 4.95. The molecule has 0 saturated carbocycles. The normalized spacial score (nSPS) is 16.2. The van der Waals surface area contributed by atoms with E-state index in [1.54, 1.807) is 11.8 Å². The van der Waals surface area contributed by atoms with Crippen LogP contribution in [0.4, 0.5) is 5.13 Å². The number of amides is 1. The third-order valence-corrected chi connectivity index (χ3v) is 8.09. The maximum atomic E-state index is 11.1. The van der Waals surface area contributed by atoms with Crippen molar-refractivity contribution in [1.29, 1.82) is 0 Å². The number of fused-ring (bicyclic) bond motifs is 1. The molecule has 1 aliphatic rings. The molecule has 1 amide bonds. The molecule has 0 aromatic carbocycles. The van der Waals surface area contributed by atoms with E-state index >= 15 is 0 Å². The molecule has 6 nitrogen and oxygen atoms in total. The third kappa shape index (κ3) is 4.16. The van der Waals surface area contributed by atoms with Gasteiger partial charge in [-0.15, -0.1) is 32.9 Å². The summed E-state index contributed by atoms with van der Waals surface area (Å²) < 4.78 is 2.07. The largest absolute Gasteiger partial charge is 0.304 e. The van der Waals surface area contributed by atoms with E-state index in [2.05, 4.69) is 38.1 Å². The van der Waals surface area contributed by atoms with Crippen molar-refractivity contribution in [3.63, 3.8) is 0 Å². The number of carbonyl (C=O) groups is 1. The molecule has 0 radical (unpaired) electrons. The molecule has 0 bridgehead atoms. The zero-order valence-electron chi connectivity index (χ0n) is 16.2.